The van der Waals surface area contributed by atoms with E-state index in [0.29, 0.717) is 11.7 Å². The molecule has 1 N–H and O–H groups in total. The number of amides is 1. The number of carbonyl (C=O) groups is 1. The van der Waals surface area contributed by atoms with Crippen LogP contribution in [0, 0.1) is 0 Å². The number of piperidine rings is 1. The fourth-order valence-corrected chi connectivity index (χ4v) is 3.09. The van der Waals surface area contributed by atoms with Gasteiger partial charge in [0.2, 0.25) is 5.91 Å². The number of carbonyl (C=O) groups excluding carboxylic acids is 1. The van der Waals surface area contributed by atoms with Gasteiger partial charge >= 0.3 is 0 Å². The van der Waals surface area contributed by atoms with E-state index in [2.05, 4.69) is 22.2 Å². The Bertz CT molecular complexity index is 486. The fraction of sp³-hybridized carbons (Fsp3) is 0.714. The van der Waals surface area contributed by atoms with Crippen LogP contribution in [0.25, 0.3) is 0 Å². The summed E-state index contributed by atoms with van der Waals surface area (Å²) in [6, 6.07) is -0.0465. The predicted molar refractivity (Wildman–Crippen MR) is 79.7 cm³/mol. The molecule has 0 aliphatic carbocycles. The van der Waals surface area contributed by atoms with Crippen LogP contribution in [0.15, 0.2) is 0 Å². The summed E-state index contributed by atoms with van der Waals surface area (Å²) in [6.07, 6.45) is 4.01. The van der Waals surface area contributed by atoms with Gasteiger partial charge in [0.05, 0.1) is 11.7 Å². The monoisotopic (exact) mass is 298 g/mol. The molecule has 1 aromatic rings. The lowest BCUT2D eigenvalue weighted by Crippen LogP contribution is -2.48. The van der Waals surface area contributed by atoms with Crippen LogP contribution in [-0.2, 0) is 24.8 Å². The molecule has 0 radical (unpaired) electrons. The molecule has 0 bridgehead atoms. The van der Waals surface area contributed by atoms with Gasteiger partial charge in [-0.05, 0) is 25.8 Å². The molecule has 1 saturated heterocycles. The second-order valence-corrected chi connectivity index (χ2v) is 5.65. The lowest BCUT2D eigenvalue weighted by molar-refractivity contribution is -0.127. The standard InChI is InChI=1S/C14H23ClN4O/c1-4-11-10(13(15)18(3)17-11)9-19-8-6-5-7-12(19)14(20)16-2/h12H,4-9H2,1-3H3,(H,16,20). The molecule has 112 valence electrons. The van der Waals surface area contributed by atoms with Crippen LogP contribution in [-0.4, -0.2) is 40.2 Å². The summed E-state index contributed by atoms with van der Waals surface area (Å²) in [7, 11) is 3.56. The molecule has 0 spiro atoms. The Morgan fingerprint density at radius 3 is 2.90 bits per heavy atom. The lowest BCUT2D eigenvalue weighted by atomic mass is 10.0. The van der Waals surface area contributed by atoms with Gasteiger partial charge in [-0.15, -0.1) is 0 Å². The molecule has 2 rings (SSSR count). The van der Waals surface area contributed by atoms with E-state index in [0.717, 1.165) is 43.5 Å². The van der Waals surface area contributed by atoms with Crippen LogP contribution in [0.3, 0.4) is 0 Å². The van der Waals surface area contributed by atoms with Gasteiger partial charge < -0.3 is 5.32 Å². The Morgan fingerprint density at radius 2 is 2.25 bits per heavy atom. The molecule has 5 nitrogen and oxygen atoms in total. The number of aromatic nitrogens is 2. The van der Waals surface area contributed by atoms with Crippen LogP contribution >= 0.6 is 11.6 Å². The minimum absolute atomic E-state index is 0.0465. The molecule has 1 amide bonds. The third kappa shape index (κ3) is 2.99. The first-order valence-corrected chi connectivity index (χ1v) is 7.62. The van der Waals surface area contributed by atoms with Crippen molar-refractivity contribution in [3.05, 3.63) is 16.4 Å². The molecule has 1 atom stereocenters. The predicted octanol–water partition coefficient (Wildman–Crippen LogP) is 1.74. The maximum atomic E-state index is 12.0. The second-order valence-electron chi connectivity index (χ2n) is 5.29. The van der Waals surface area contributed by atoms with Crippen molar-refractivity contribution in [1.82, 2.24) is 20.0 Å². The van der Waals surface area contributed by atoms with Crippen molar-refractivity contribution in [3.63, 3.8) is 0 Å². The highest BCUT2D eigenvalue weighted by atomic mass is 35.5. The van der Waals surface area contributed by atoms with Crippen LogP contribution in [0.1, 0.15) is 37.4 Å². The van der Waals surface area contributed by atoms with Crippen molar-refractivity contribution >= 4 is 17.5 Å². The third-order valence-electron chi connectivity index (χ3n) is 4.01. The Hall–Kier alpha value is -1.07. The van der Waals surface area contributed by atoms with E-state index < -0.39 is 0 Å². The van der Waals surface area contributed by atoms with Crippen molar-refractivity contribution in [1.29, 1.82) is 0 Å². The van der Waals surface area contributed by atoms with Gasteiger partial charge in [-0.25, -0.2) is 0 Å². The average molecular weight is 299 g/mol. The Balaban J connectivity index is 2.20. The summed E-state index contributed by atoms with van der Waals surface area (Å²) in [5.41, 5.74) is 2.09. The fourth-order valence-electron chi connectivity index (χ4n) is 2.89. The van der Waals surface area contributed by atoms with E-state index in [9.17, 15) is 4.79 Å². The van der Waals surface area contributed by atoms with Crippen molar-refractivity contribution in [2.24, 2.45) is 7.05 Å². The molecule has 0 aromatic carbocycles. The van der Waals surface area contributed by atoms with Crippen molar-refractivity contribution in [2.75, 3.05) is 13.6 Å². The van der Waals surface area contributed by atoms with Crippen LogP contribution in [0.4, 0.5) is 0 Å². The molecule has 0 saturated carbocycles. The van der Waals surface area contributed by atoms with E-state index in [-0.39, 0.29) is 11.9 Å². The first-order valence-electron chi connectivity index (χ1n) is 7.24. The summed E-state index contributed by atoms with van der Waals surface area (Å²) >= 11 is 6.35. The molecule has 1 unspecified atom stereocenters. The highest BCUT2D eigenvalue weighted by molar-refractivity contribution is 6.30. The minimum atomic E-state index is -0.0465. The molecule has 2 heterocycles. The molecule has 1 aromatic heterocycles. The smallest absolute Gasteiger partial charge is 0.237 e. The zero-order chi connectivity index (χ0) is 14.7. The van der Waals surface area contributed by atoms with Gasteiger partial charge in [-0.1, -0.05) is 24.9 Å². The maximum Gasteiger partial charge on any atom is 0.237 e. The van der Waals surface area contributed by atoms with Crippen LogP contribution in [0.5, 0.6) is 0 Å². The number of halogens is 1. The van der Waals surface area contributed by atoms with E-state index in [4.69, 9.17) is 11.6 Å². The number of hydrogen-bond donors (Lipinski definition) is 1. The molecule has 6 heteroatoms. The van der Waals surface area contributed by atoms with Gasteiger partial charge in [0, 0.05) is 26.2 Å². The Labute approximate surface area is 125 Å². The quantitative estimate of drug-likeness (QED) is 0.921. The summed E-state index contributed by atoms with van der Waals surface area (Å²) in [5, 5.41) is 7.89. The summed E-state index contributed by atoms with van der Waals surface area (Å²) < 4.78 is 1.72. The van der Waals surface area contributed by atoms with Gasteiger partial charge in [0.15, 0.2) is 0 Å². The lowest BCUT2D eigenvalue weighted by Gasteiger charge is -2.34. The zero-order valence-corrected chi connectivity index (χ0v) is 13.2. The number of likely N-dealkylation sites (N-methyl/N-ethyl adjacent to an activating group) is 1. The normalized spacial score (nSPS) is 20.1. The SMILES string of the molecule is CCc1nn(C)c(Cl)c1CN1CCCCC1C(=O)NC. The van der Waals surface area contributed by atoms with Gasteiger partial charge in [0.25, 0.3) is 0 Å². The Morgan fingerprint density at radius 1 is 1.50 bits per heavy atom. The number of aryl methyl sites for hydroxylation is 2. The highest BCUT2D eigenvalue weighted by Gasteiger charge is 2.29. The number of nitrogens with zero attached hydrogens (tertiary/aromatic N) is 3. The number of hydrogen-bond acceptors (Lipinski definition) is 3. The topological polar surface area (TPSA) is 50.2 Å². The Kier molecular flexibility index (Phi) is 5.05. The van der Waals surface area contributed by atoms with Gasteiger partial charge in [-0.3, -0.25) is 14.4 Å². The largest absolute Gasteiger partial charge is 0.358 e. The number of nitrogens with one attached hydrogen (secondary N) is 1. The molecule has 1 aliphatic heterocycles. The van der Waals surface area contributed by atoms with Crippen LogP contribution in [0.2, 0.25) is 5.15 Å². The van der Waals surface area contributed by atoms with E-state index in [1.54, 1.807) is 11.7 Å². The van der Waals surface area contributed by atoms with E-state index in [1.807, 2.05) is 7.05 Å². The van der Waals surface area contributed by atoms with E-state index in [1.165, 1.54) is 0 Å². The molecule has 1 aliphatic rings. The molecule has 20 heavy (non-hydrogen) atoms. The van der Waals surface area contributed by atoms with Crippen molar-refractivity contribution in [2.45, 2.75) is 45.2 Å². The molecule has 1 fully saturated rings. The first kappa shape index (κ1) is 15.3. The molecular weight excluding hydrogens is 276 g/mol. The number of rotatable bonds is 4. The maximum absolute atomic E-state index is 12.0. The zero-order valence-electron chi connectivity index (χ0n) is 12.4. The van der Waals surface area contributed by atoms with Crippen molar-refractivity contribution in [3.8, 4) is 0 Å². The second kappa shape index (κ2) is 6.59. The van der Waals surface area contributed by atoms with Crippen molar-refractivity contribution < 1.29 is 4.79 Å². The van der Waals surface area contributed by atoms with Gasteiger partial charge in [-0.2, -0.15) is 5.10 Å². The van der Waals surface area contributed by atoms with Crippen LogP contribution < -0.4 is 5.32 Å². The highest BCUT2D eigenvalue weighted by Crippen LogP contribution is 2.25. The third-order valence-corrected chi connectivity index (χ3v) is 4.48. The summed E-state index contributed by atoms with van der Waals surface area (Å²) in [6.45, 7) is 3.72. The minimum Gasteiger partial charge on any atom is -0.358 e. The van der Waals surface area contributed by atoms with E-state index >= 15 is 0 Å². The summed E-state index contributed by atoms with van der Waals surface area (Å²) in [4.78, 5) is 14.2. The average Bonchev–Trinajstić information content (AvgIpc) is 2.74. The van der Waals surface area contributed by atoms with Gasteiger partial charge in [0.1, 0.15) is 5.15 Å². The first-order chi connectivity index (χ1) is 9.58. The summed E-state index contributed by atoms with van der Waals surface area (Å²) in [5.74, 6) is 0.0998. The molecular formula is C14H23ClN4O. The number of likely N-dealkylation sites (tertiary alicyclic amines) is 1.